The molecule has 3 unspecified atom stereocenters. The third kappa shape index (κ3) is 6.74. The van der Waals surface area contributed by atoms with E-state index in [4.69, 9.17) is 20.3 Å². The molecular weight excluding hydrogens is 542 g/mol. The molecule has 0 bridgehead atoms. The Morgan fingerprint density at radius 2 is 1.86 bits per heavy atom. The Labute approximate surface area is 252 Å². The zero-order chi connectivity index (χ0) is 30.4. The molecule has 43 heavy (non-hydrogen) atoms. The fourth-order valence-electron chi connectivity index (χ4n) is 5.69. The Bertz CT molecular complexity index is 1500. The van der Waals surface area contributed by atoms with E-state index in [-0.39, 0.29) is 24.1 Å². The Hall–Kier alpha value is -4.60. The van der Waals surface area contributed by atoms with Gasteiger partial charge in [-0.2, -0.15) is 0 Å². The van der Waals surface area contributed by atoms with E-state index in [1.165, 1.54) is 17.2 Å². The number of hydrogen-bond donors (Lipinski definition) is 3. The summed E-state index contributed by atoms with van der Waals surface area (Å²) >= 11 is 0. The van der Waals surface area contributed by atoms with Crippen molar-refractivity contribution in [1.82, 2.24) is 4.90 Å². The van der Waals surface area contributed by atoms with Crippen LogP contribution < -0.4 is 15.0 Å². The summed E-state index contributed by atoms with van der Waals surface area (Å²) in [5.41, 5.74) is 1.04. The lowest BCUT2D eigenvalue weighted by Gasteiger charge is -2.44. The van der Waals surface area contributed by atoms with E-state index in [2.05, 4.69) is 10.2 Å². The number of carbonyl (C=O) groups is 2. The molecule has 0 radical (unpaired) electrons. The van der Waals surface area contributed by atoms with E-state index in [0.717, 1.165) is 24.3 Å². The molecule has 0 spiro atoms. The quantitative estimate of drug-likeness (QED) is 0.212. The van der Waals surface area contributed by atoms with Crippen LogP contribution in [0.5, 0.6) is 11.5 Å². The number of amides is 2. The lowest BCUT2D eigenvalue weighted by molar-refractivity contribution is -0.119. The van der Waals surface area contributed by atoms with Crippen LogP contribution in [-0.2, 0) is 19.7 Å². The third-order valence-electron chi connectivity index (χ3n) is 8.21. The van der Waals surface area contributed by atoms with Crippen molar-refractivity contribution in [3.8, 4) is 11.5 Å². The van der Waals surface area contributed by atoms with Gasteiger partial charge in [-0.1, -0.05) is 49.4 Å². The van der Waals surface area contributed by atoms with Crippen LogP contribution in [0, 0.1) is 16.7 Å². The topological polar surface area (TPSA) is 119 Å². The molecule has 9 heteroatoms. The van der Waals surface area contributed by atoms with Crippen molar-refractivity contribution in [3.05, 3.63) is 96.6 Å². The van der Waals surface area contributed by atoms with Gasteiger partial charge in [0.2, 0.25) is 11.8 Å². The molecule has 3 atom stereocenters. The summed E-state index contributed by atoms with van der Waals surface area (Å²) < 4.78 is 11.3. The number of hydrogen-bond acceptors (Lipinski definition) is 7. The number of rotatable bonds is 10. The molecule has 9 nitrogen and oxygen atoms in total. The second-order valence-electron chi connectivity index (χ2n) is 11.2. The largest absolute Gasteiger partial charge is 0.457 e. The van der Waals surface area contributed by atoms with Gasteiger partial charge in [-0.25, -0.2) is 0 Å². The van der Waals surface area contributed by atoms with E-state index in [9.17, 15) is 9.59 Å². The standard InChI is InChI=1S/C34H37N5O4/c1-34(24-13-15-29(16-14-24)43-28-10-4-3-5-11-28)21-32(41)39(33(36)30(34)22-35)26-9-6-8-25(20-26)37-31(40)12-7-18-38(2)27-17-19-42-23-27/h3-16,20,22,27,30,35-36H,17-19,21,23H2,1-2H3,(H,37,40). The van der Waals surface area contributed by atoms with Crippen molar-refractivity contribution in [2.24, 2.45) is 5.92 Å². The first-order valence-corrected chi connectivity index (χ1v) is 14.4. The molecule has 0 saturated carbocycles. The molecule has 2 heterocycles. The predicted octanol–water partition coefficient (Wildman–Crippen LogP) is 5.63. The lowest BCUT2D eigenvalue weighted by atomic mass is 9.66. The van der Waals surface area contributed by atoms with E-state index >= 15 is 0 Å². The van der Waals surface area contributed by atoms with Crippen LogP contribution in [-0.4, -0.2) is 61.6 Å². The van der Waals surface area contributed by atoms with Crippen LogP contribution in [0.15, 0.2) is 91.0 Å². The first-order valence-electron chi connectivity index (χ1n) is 14.4. The molecule has 2 aliphatic heterocycles. The predicted molar refractivity (Wildman–Crippen MR) is 168 cm³/mol. The summed E-state index contributed by atoms with van der Waals surface area (Å²) in [7, 11) is 2.01. The molecule has 2 fully saturated rings. The summed E-state index contributed by atoms with van der Waals surface area (Å²) in [5.74, 6) is 0.222. The highest BCUT2D eigenvalue weighted by Gasteiger charge is 2.47. The van der Waals surface area contributed by atoms with Crippen molar-refractivity contribution >= 4 is 35.2 Å². The van der Waals surface area contributed by atoms with Gasteiger partial charge >= 0.3 is 0 Å². The van der Waals surface area contributed by atoms with Crippen molar-refractivity contribution in [2.45, 2.75) is 31.2 Å². The van der Waals surface area contributed by atoms with Gasteiger partial charge in [0.1, 0.15) is 17.3 Å². The molecule has 0 aliphatic carbocycles. The van der Waals surface area contributed by atoms with Gasteiger partial charge in [0.25, 0.3) is 0 Å². The fraction of sp³-hybridized carbons (Fsp3) is 0.294. The van der Waals surface area contributed by atoms with Crippen LogP contribution in [0.25, 0.3) is 0 Å². The molecule has 3 aromatic rings. The van der Waals surface area contributed by atoms with Crippen LogP contribution in [0.1, 0.15) is 25.3 Å². The molecule has 222 valence electrons. The monoisotopic (exact) mass is 579 g/mol. The summed E-state index contributed by atoms with van der Waals surface area (Å²) in [6.45, 7) is 4.03. The maximum Gasteiger partial charge on any atom is 0.248 e. The zero-order valence-electron chi connectivity index (χ0n) is 24.5. The van der Waals surface area contributed by atoms with E-state index < -0.39 is 11.3 Å². The van der Waals surface area contributed by atoms with Crippen molar-refractivity contribution in [3.63, 3.8) is 0 Å². The summed E-state index contributed by atoms with van der Waals surface area (Å²) in [4.78, 5) is 29.7. The number of carbonyl (C=O) groups excluding carboxylic acids is 2. The van der Waals surface area contributed by atoms with Gasteiger partial charge in [0.15, 0.2) is 0 Å². The van der Waals surface area contributed by atoms with Crippen LogP contribution >= 0.6 is 0 Å². The van der Waals surface area contributed by atoms with Crippen molar-refractivity contribution in [1.29, 1.82) is 10.8 Å². The summed E-state index contributed by atoms with van der Waals surface area (Å²) in [6.07, 6.45) is 5.65. The van der Waals surface area contributed by atoms with Gasteiger partial charge < -0.3 is 20.2 Å². The summed E-state index contributed by atoms with van der Waals surface area (Å²) in [5, 5.41) is 20.1. The van der Waals surface area contributed by atoms with Gasteiger partial charge in [-0.05, 0) is 61.5 Å². The van der Waals surface area contributed by atoms with Crippen molar-refractivity contribution in [2.75, 3.05) is 37.0 Å². The Balaban J connectivity index is 1.27. The number of amidine groups is 1. The summed E-state index contributed by atoms with van der Waals surface area (Å²) in [6, 6.07) is 24.2. The number of nitrogens with one attached hydrogen (secondary N) is 3. The SMILES string of the molecule is CN(CC=CC(=O)Nc1cccc(N2C(=N)C(C=N)C(C)(c3ccc(Oc4ccccc4)cc3)CC2=O)c1)C1CCOC1. The zero-order valence-corrected chi connectivity index (χ0v) is 24.5. The number of anilines is 2. The molecular formula is C34H37N5O4. The lowest BCUT2D eigenvalue weighted by Crippen LogP contribution is -2.55. The number of nitrogens with zero attached hydrogens (tertiary/aromatic N) is 2. The molecule has 2 aliphatic rings. The highest BCUT2D eigenvalue weighted by atomic mass is 16.5. The fourth-order valence-corrected chi connectivity index (χ4v) is 5.69. The normalized spacial score (nSPS) is 22.3. The Morgan fingerprint density at radius 1 is 1.12 bits per heavy atom. The second kappa shape index (κ2) is 13.1. The minimum atomic E-state index is -0.786. The third-order valence-corrected chi connectivity index (χ3v) is 8.21. The molecule has 2 amide bonds. The number of ether oxygens (including phenoxy) is 2. The number of para-hydroxylation sites is 1. The molecule has 5 rings (SSSR count). The van der Waals surface area contributed by atoms with Crippen molar-refractivity contribution < 1.29 is 19.1 Å². The van der Waals surface area contributed by atoms with Gasteiger partial charge in [0, 0.05) is 49.0 Å². The van der Waals surface area contributed by atoms with Crippen LogP contribution in [0.3, 0.4) is 0 Å². The van der Waals surface area contributed by atoms with Crippen LogP contribution in [0.4, 0.5) is 11.4 Å². The molecule has 2 saturated heterocycles. The molecule has 3 aromatic carbocycles. The average Bonchev–Trinajstić information content (AvgIpc) is 3.54. The Morgan fingerprint density at radius 3 is 2.56 bits per heavy atom. The first kappa shape index (κ1) is 29.9. The van der Waals surface area contributed by atoms with E-state index in [1.807, 2.05) is 74.6 Å². The van der Waals surface area contributed by atoms with Crippen LogP contribution in [0.2, 0.25) is 0 Å². The second-order valence-corrected chi connectivity index (χ2v) is 11.2. The minimum Gasteiger partial charge on any atom is -0.457 e. The number of likely N-dealkylation sites (N-methyl/N-ethyl adjacent to an activating group) is 1. The van der Waals surface area contributed by atoms with E-state index in [1.54, 1.807) is 24.3 Å². The molecule has 3 N–H and O–H groups in total. The number of benzene rings is 3. The highest BCUT2D eigenvalue weighted by molar-refractivity contribution is 6.23. The van der Waals surface area contributed by atoms with Gasteiger partial charge in [-0.15, -0.1) is 0 Å². The Kier molecular flexibility index (Phi) is 9.13. The first-order chi connectivity index (χ1) is 20.8. The molecule has 0 aromatic heterocycles. The number of piperidine rings is 1. The smallest absolute Gasteiger partial charge is 0.248 e. The average molecular weight is 580 g/mol. The van der Waals surface area contributed by atoms with Gasteiger partial charge in [-0.3, -0.25) is 24.8 Å². The van der Waals surface area contributed by atoms with Gasteiger partial charge in [0.05, 0.1) is 18.2 Å². The maximum absolute atomic E-state index is 13.6. The maximum atomic E-state index is 13.6. The van der Waals surface area contributed by atoms with E-state index in [0.29, 0.717) is 36.3 Å². The highest BCUT2D eigenvalue weighted by Crippen LogP contribution is 2.42. The minimum absolute atomic E-state index is 0.0145.